The van der Waals surface area contributed by atoms with Crippen molar-refractivity contribution in [1.82, 2.24) is 19.2 Å². The molecule has 0 bridgehead atoms. The SMILES string of the molecule is CC(C)(C)OC(=O)N1CCN([C@H]2CCOc3cc(S(=O)(=O)Cc4ncns4)ccc32)[C@H](c2ccc(F)cc2)C1. The highest BCUT2D eigenvalue weighted by molar-refractivity contribution is 7.90. The molecule has 1 aromatic heterocycles. The predicted molar refractivity (Wildman–Crippen MR) is 144 cm³/mol. The van der Waals surface area contributed by atoms with Gasteiger partial charge >= 0.3 is 6.09 Å². The van der Waals surface area contributed by atoms with Crippen molar-refractivity contribution in [1.29, 1.82) is 0 Å². The van der Waals surface area contributed by atoms with Crippen LogP contribution in [-0.4, -0.2) is 65.5 Å². The molecular formula is C27H31FN4O5S2. The summed E-state index contributed by atoms with van der Waals surface area (Å²) >= 11 is 1.06. The minimum atomic E-state index is -3.63. The Morgan fingerprint density at radius 1 is 1.15 bits per heavy atom. The minimum absolute atomic E-state index is 0.0792. The van der Waals surface area contributed by atoms with Crippen molar-refractivity contribution in [3.05, 3.63) is 70.7 Å². The van der Waals surface area contributed by atoms with E-state index in [2.05, 4.69) is 14.3 Å². The number of halogens is 1. The van der Waals surface area contributed by atoms with Gasteiger partial charge in [-0.15, -0.1) is 0 Å². The van der Waals surface area contributed by atoms with Crippen LogP contribution in [-0.2, 0) is 20.3 Å². The number of carbonyl (C=O) groups excluding carboxylic acids is 1. The van der Waals surface area contributed by atoms with Crippen LogP contribution in [0.3, 0.4) is 0 Å². The Kier molecular flexibility index (Phi) is 7.62. The van der Waals surface area contributed by atoms with E-state index in [1.807, 2.05) is 26.8 Å². The average Bonchev–Trinajstić information content (AvgIpc) is 3.39. The highest BCUT2D eigenvalue weighted by Gasteiger charge is 2.39. The highest BCUT2D eigenvalue weighted by atomic mass is 32.2. The molecule has 2 aliphatic rings. The number of aromatic nitrogens is 2. The largest absolute Gasteiger partial charge is 0.493 e. The van der Waals surface area contributed by atoms with Crippen molar-refractivity contribution in [2.24, 2.45) is 0 Å². The third-order valence-electron chi connectivity index (χ3n) is 6.80. The Labute approximate surface area is 231 Å². The zero-order valence-electron chi connectivity index (χ0n) is 22.0. The molecule has 1 saturated heterocycles. The van der Waals surface area contributed by atoms with E-state index in [-0.39, 0.29) is 34.6 Å². The fourth-order valence-corrected chi connectivity index (χ4v) is 7.15. The summed E-state index contributed by atoms with van der Waals surface area (Å²) in [4.78, 5) is 21.1. The highest BCUT2D eigenvalue weighted by Crippen LogP contribution is 2.42. The first-order chi connectivity index (χ1) is 18.5. The Bertz CT molecular complexity index is 1430. The van der Waals surface area contributed by atoms with Gasteiger partial charge < -0.3 is 14.4 Å². The van der Waals surface area contributed by atoms with E-state index in [1.54, 1.807) is 29.2 Å². The van der Waals surface area contributed by atoms with Gasteiger partial charge in [-0.05, 0) is 62.1 Å². The zero-order valence-corrected chi connectivity index (χ0v) is 23.7. The number of fused-ring (bicyclic) bond motifs is 1. The second-order valence-electron chi connectivity index (χ2n) is 10.7. The van der Waals surface area contributed by atoms with Crippen LogP contribution in [0.15, 0.2) is 53.7 Å². The molecule has 3 heterocycles. The third kappa shape index (κ3) is 6.23. The van der Waals surface area contributed by atoms with Crippen LogP contribution in [0, 0.1) is 5.82 Å². The molecule has 0 saturated carbocycles. The molecule has 2 atom stereocenters. The molecule has 0 radical (unpaired) electrons. The van der Waals surface area contributed by atoms with E-state index in [1.165, 1.54) is 18.5 Å². The quantitative estimate of drug-likeness (QED) is 0.430. The summed E-state index contributed by atoms with van der Waals surface area (Å²) in [6.45, 7) is 7.32. The van der Waals surface area contributed by atoms with Gasteiger partial charge in [-0.25, -0.2) is 22.6 Å². The van der Waals surface area contributed by atoms with Crippen LogP contribution in [0.1, 0.15) is 55.4 Å². The summed E-state index contributed by atoms with van der Waals surface area (Å²) in [6, 6.07) is 11.0. The van der Waals surface area contributed by atoms with Crippen LogP contribution in [0.5, 0.6) is 5.75 Å². The maximum atomic E-state index is 13.8. The Hall–Kier alpha value is -3.09. The topological polar surface area (TPSA) is 102 Å². The molecule has 12 heteroatoms. The Morgan fingerprint density at radius 3 is 2.62 bits per heavy atom. The molecule has 3 aromatic rings. The summed E-state index contributed by atoms with van der Waals surface area (Å²) in [5.41, 5.74) is 1.15. The van der Waals surface area contributed by atoms with Crippen LogP contribution in [0.4, 0.5) is 9.18 Å². The fraction of sp³-hybridized carbons (Fsp3) is 0.444. The van der Waals surface area contributed by atoms with Gasteiger partial charge in [0.05, 0.1) is 17.5 Å². The summed E-state index contributed by atoms with van der Waals surface area (Å²) in [5, 5.41) is 0.427. The van der Waals surface area contributed by atoms with Gasteiger partial charge in [0.2, 0.25) is 0 Å². The summed E-state index contributed by atoms with van der Waals surface area (Å²) < 4.78 is 55.3. The maximum absolute atomic E-state index is 13.8. The molecule has 2 aromatic carbocycles. The molecule has 0 aliphatic carbocycles. The lowest BCUT2D eigenvalue weighted by Gasteiger charge is -2.46. The van der Waals surface area contributed by atoms with Crippen molar-refractivity contribution in [2.45, 2.75) is 55.5 Å². The molecule has 208 valence electrons. The number of amides is 1. The van der Waals surface area contributed by atoms with Crippen LogP contribution >= 0.6 is 11.5 Å². The van der Waals surface area contributed by atoms with Crippen molar-refractivity contribution in [3.63, 3.8) is 0 Å². The van der Waals surface area contributed by atoms with Crippen LogP contribution in [0.2, 0.25) is 0 Å². The molecule has 5 rings (SSSR count). The lowest BCUT2D eigenvalue weighted by molar-refractivity contribution is -0.0104. The smallest absolute Gasteiger partial charge is 0.410 e. The monoisotopic (exact) mass is 574 g/mol. The predicted octanol–water partition coefficient (Wildman–Crippen LogP) is 4.77. The average molecular weight is 575 g/mol. The summed E-state index contributed by atoms with van der Waals surface area (Å²) in [5.74, 6) is -0.0279. The summed E-state index contributed by atoms with van der Waals surface area (Å²) in [7, 11) is -3.63. The first-order valence-corrected chi connectivity index (χ1v) is 15.2. The molecule has 1 fully saturated rings. The van der Waals surface area contributed by atoms with Gasteiger partial charge in [-0.1, -0.05) is 18.2 Å². The Balaban J connectivity index is 1.43. The first-order valence-electron chi connectivity index (χ1n) is 12.7. The van der Waals surface area contributed by atoms with E-state index < -0.39 is 15.4 Å². The van der Waals surface area contributed by atoms with Gasteiger partial charge in [0.15, 0.2) is 9.84 Å². The lowest BCUT2D eigenvalue weighted by Crippen LogP contribution is -2.52. The standard InChI is InChI=1S/C27H31FN4O5S2/c1-27(2,3)37-26(33)31-11-12-32(23(15-31)18-4-6-19(28)7-5-18)22-10-13-36-24-14-20(8-9-21(22)24)39(34,35)16-25-29-17-30-38-25/h4-9,14,17,22-23H,10-13,15-16H2,1-3H3/t22-,23-/m0/s1. The number of carbonyl (C=O) groups is 1. The number of sulfone groups is 1. The van der Waals surface area contributed by atoms with E-state index >= 15 is 0 Å². The molecule has 39 heavy (non-hydrogen) atoms. The van der Waals surface area contributed by atoms with Gasteiger partial charge in [0.25, 0.3) is 0 Å². The van der Waals surface area contributed by atoms with E-state index in [0.717, 1.165) is 22.7 Å². The molecule has 2 aliphatic heterocycles. The molecular weight excluding hydrogens is 543 g/mol. The molecule has 0 unspecified atom stereocenters. The van der Waals surface area contributed by atoms with Crippen molar-refractivity contribution < 1.29 is 27.1 Å². The van der Waals surface area contributed by atoms with Crippen LogP contribution in [0.25, 0.3) is 0 Å². The van der Waals surface area contributed by atoms with E-state index in [0.29, 0.717) is 43.4 Å². The molecule has 0 N–H and O–H groups in total. The number of ether oxygens (including phenoxy) is 2. The summed E-state index contributed by atoms with van der Waals surface area (Å²) in [6.07, 6.45) is 1.65. The number of piperazine rings is 1. The van der Waals surface area contributed by atoms with Gasteiger partial charge in [0.1, 0.15) is 34.3 Å². The normalized spacial score (nSPS) is 20.3. The van der Waals surface area contributed by atoms with Crippen molar-refractivity contribution >= 4 is 27.5 Å². The third-order valence-corrected chi connectivity index (χ3v) is 9.27. The number of hydrogen-bond acceptors (Lipinski definition) is 9. The lowest BCUT2D eigenvalue weighted by atomic mass is 9.93. The van der Waals surface area contributed by atoms with E-state index in [9.17, 15) is 17.6 Å². The van der Waals surface area contributed by atoms with E-state index in [4.69, 9.17) is 9.47 Å². The second kappa shape index (κ2) is 10.8. The van der Waals surface area contributed by atoms with Crippen LogP contribution < -0.4 is 4.74 Å². The first kappa shape index (κ1) is 27.5. The van der Waals surface area contributed by atoms with Gasteiger partial charge in [-0.2, -0.15) is 4.37 Å². The number of rotatable bonds is 5. The van der Waals surface area contributed by atoms with Crippen molar-refractivity contribution in [2.75, 3.05) is 26.2 Å². The minimum Gasteiger partial charge on any atom is -0.493 e. The molecule has 1 amide bonds. The number of benzene rings is 2. The Morgan fingerprint density at radius 2 is 1.92 bits per heavy atom. The van der Waals surface area contributed by atoms with Gasteiger partial charge in [-0.3, -0.25) is 4.90 Å². The van der Waals surface area contributed by atoms with Crippen molar-refractivity contribution in [3.8, 4) is 5.75 Å². The number of nitrogens with zero attached hydrogens (tertiary/aromatic N) is 4. The molecule has 0 spiro atoms. The number of hydrogen-bond donors (Lipinski definition) is 0. The maximum Gasteiger partial charge on any atom is 0.410 e. The fourth-order valence-electron chi connectivity index (χ4n) is 5.04. The van der Waals surface area contributed by atoms with Gasteiger partial charge in [0, 0.05) is 37.7 Å². The zero-order chi connectivity index (χ0) is 27.8. The second-order valence-corrected chi connectivity index (χ2v) is 13.5. The molecule has 9 nitrogen and oxygen atoms in total.